The fourth-order valence-corrected chi connectivity index (χ4v) is 4.84. The summed E-state index contributed by atoms with van der Waals surface area (Å²) in [5, 5.41) is 41.1. The zero-order chi connectivity index (χ0) is 30.3. The first-order chi connectivity index (χ1) is 20.1. The highest BCUT2D eigenvalue weighted by atomic mass is 32.2. The van der Waals surface area contributed by atoms with Crippen molar-refractivity contribution in [2.75, 3.05) is 18.9 Å². The van der Waals surface area contributed by atoms with Crippen molar-refractivity contribution in [3.8, 4) is 17.2 Å². The van der Waals surface area contributed by atoms with Gasteiger partial charge in [-0.1, -0.05) is 17.2 Å². The van der Waals surface area contributed by atoms with Crippen molar-refractivity contribution >= 4 is 64.2 Å². The van der Waals surface area contributed by atoms with Gasteiger partial charge in [0.25, 0.3) is 0 Å². The molecule has 0 aromatic heterocycles. The van der Waals surface area contributed by atoms with Crippen LogP contribution in [0, 0.1) is 0 Å². The molecule has 14 nitrogen and oxygen atoms in total. The van der Waals surface area contributed by atoms with Gasteiger partial charge in [-0.15, -0.1) is 19.7 Å². The molecule has 0 unspecified atom stereocenters. The Morgan fingerprint density at radius 2 is 1.55 bits per heavy atom. The normalized spacial score (nSPS) is 12.0. The summed E-state index contributed by atoms with van der Waals surface area (Å²) in [4.78, 5) is 19.2. The van der Waals surface area contributed by atoms with Crippen molar-refractivity contribution in [1.82, 2.24) is 0 Å². The molecule has 0 aliphatic heterocycles. The Kier molecular flexibility index (Phi) is 10.1. The molecule has 42 heavy (non-hydrogen) atoms. The van der Waals surface area contributed by atoms with Crippen LogP contribution in [0.3, 0.4) is 0 Å². The molecule has 6 N–H and O–H groups in total. The van der Waals surface area contributed by atoms with E-state index >= 15 is 0 Å². The highest BCUT2D eigenvalue weighted by Crippen LogP contribution is 2.46. The van der Waals surface area contributed by atoms with Crippen molar-refractivity contribution in [2.24, 2.45) is 20.5 Å². The number of nitrogens with two attached hydrogens (primary N) is 1. The lowest BCUT2D eigenvalue weighted by Crippen LogP contribution is -2.01. The average molecular weight is 616 g/mol. The summed E-state index contributed by atoms with van der Waals surface area (Å²) in [6, 6.07) is 15.2. The van der Waals surface area contributed by atoms with Gasteiger partial charge in [0, 0.05) is 23.2 Å². The van der Waals surface area contributed by atoms with Crippen LogP contribution in [-0.4, -0.2) is 33.4 Å². The number of hydrogen-bond acceptors (Lipinski definition) is 13. The summed E-state index contributed by atoms with van der Waals surface area (Å²) >= 11 is 0.601. The number of anilines is 1. The van der Waals surface area contributed by atoms with E-state index in [1.54, 1.807) is 44.2 Å². The summed E-state index contributed by atoms with van der Waals surface area (Å²) in [5.41, 5.74) is 7.03. The van der Waals surface area contributed by atoms with Gasteiger partial charge in [0.1, 0.15) is 28.6 Å². The van der Waals surface area contributed by atoms with Gasteiger partial charge in [-0.05, 0) is 55.6 Å². The third-order valence-electron chi connectivity index (χ3n) is 5.57. The Labute approximate surface area is 243 Å². The molecule has 0 heterocycles. The predicted molar refractivity (Wildman–Crippen MR) is 156 cm³/mol. The third-order valence-corrected chi connectivity index (χ3v) is 7.14. The van der Waals surface area contributed by atoms with E-state index < -0.39 is 7.60 Å². The van der Waals surface area contributed by atoms with Crippen LogP contribution in [-0.2, 0) is 13.9 Å². The van der Waals surface area contributed by atoms with Crippen LogP contribution in [0.5, 0.6) is 17.2 Å². The molecule has 4 rings (SSSR count). The SMILES string of the molecule is CCOc1cc(N=Nc2c(SOOO)cc3ccc(N)cc3c2O)c(OCC)cc1N=Nc1cccc(P(=O)(O)O)c1. The monoisotopic (exact) mass is 615 g/mol. The van der Waals surface area contributed by atoms with Gasteiger partial charge in [0.05, 0.1) is 41.1 Å². The highest BCUT2D eigenvalue weighted by molar-refractivity contribution is 7.94. The van der Waals surface area contributed by atoms with Gasteiger partial charge >= 0.3 is 7.60 Å². The summed E-state index contributed by atoms with van der Waals surface area (Å²) in [6.07, 6.45) is 0. The first-order valence-electron chi connectivity index (χ1n) is 12.3. The highest BCUT2D eigenvalue weighted by Gasteiger charge is 2.18. The number of nitrogens with zero attached hydrogens (tertiary/aromatic N) is 4. The number of rotatable bonds is 12. The first-order valence-corrected chi connectivity index (χ1v) is 14.6. The molecule has 0 fully saturated rings. The number of benzene rings is 4. The number of hydrogen-bond donors (Lipinski definition) is 5. The quantitative estimate of drug-likeness (QED) is 0.0274. The molecule has 0 aliphatic carbocycles. The van der Waals surface area contributed by atoms with E-state index in [0.29, 0.717) is 28.5 Å². The molecular formula is C26H26N5O9PS. The van der Waals surface area contributed by atoms with E-state index in [4.69, 9.17) is 20.5 Å². The predicted octanol–water partition coefficient (Wildman–Crippen LogP) is 6.99. The molecule has 0 amide bonds. The van der Waals surface area contributed by atoms with Gasteiger partial charge in [-0.25, -0.2) is 5.26 Å². The summed E-state index contributed by atoms with van der Waals surface area (Å²) < 4.78 is 27.7. The molecule has 4 aromatic rings. The standard InChI is InChI=1S/C26H26N5O9PS/c1-3-37-22-14-21(23(38-4-2)13-20(22)29-28-17-6-5-7-18(12-17)41(34,35)36)30-31-25-24(42-40-39-33)10-15-8-9-16(27)11-19(15)26(25)32/h5-14,32-33H,3-4,27H2,1-2H3,(H2,34,35,36). The minimum Gasteiger partial charge on any atom is -0.505 e. The lowest BCUT2D eigenvalue weighted by Gasteiger charge is -2.12. The van der Waals surface area contributed by atoms with Gasteiger partial charge in [0.2, 0.25) is 0 Å². The minimum absolute atomic E-state index is 0.00394. The maximum Gasteiger partial charge on any atom is 0.356 e. The Morgan fingerprint density at radius 3 is 2.17 bits per heavy atom. The van der Waals surface area contributed by atoms with E-state index in [0.717, 1.165) is 0 Å². The second-order valence-corrected chi connectivity index (χ2v) is 10.7. The zero-order valence-corrected chi connectivity index (χ0v) is 24.0. The molecule has 0 spiro atoms. The Balaban J connectivity index is 1.78. The maximum atomic E-state index is 11.6. The molecule has 0 bridgehead atoms. The Morgan fingerprint density at radius 1 is 0.881 bits per heavy atom. The lowest BCUT2D eigenvalue weighted by molar-refractivity contribution is -0.432. The van der Waals surface area contributed by atoms with Crippen LogP contribution in [0.15, 0.2) is 86.0 Å². The number of aromatic hydroxyl groups is 1. The van der Waals surface area contributed by atoms with E-state index in [-0.39, 0.29) is 63.4 Å². The van der Waals surface area contributed by atoms with Crippen LogP contribution < -0.4 is 20.5 Å². The molecule has 4 aromatic carbocycles. The van der Waals surface area contributed by atoms with Crippen molar-refractivity contribution < 1.29 is 43.6 Å². The van der Waals surface area contributed by atoms with Crippen LogP contribution in [0.4, 0.5) is 28.4 Å². The second-order valence-electron chi connectivity index (χ2n) is 8.40. The number of phenols is 1. The van der Waals surface area contributed by atoms with Gasteiger partial charge in [-0.2, -0.15) is 5.11 Å². The number of ether oxygens (including phenoxy) is 2. The molecule has 0 saturated carbocycles. The Bertz CT molecular complexity index is 1700. The second kappa shape index (κ2) is 13.7. The molecule has 16 heteroatoms. The fraction of sp³-hybridized carbons (Fsp3) is 0.154. The van der Waals surface area contributed by atoms with Crippen LogP contribution in [0.2, 0.25) is 0 Å². The van der Waals surface area contributed by atoms with Gasteiger partial charge in [-0.3, -0.25) is 4.57 Å². The Hall–Kier alpha value is -4.08. The molecule has 0 atom stereocenters. The van der Waals surface area contributed by atoms with E-state index in [9.17, 15) is 19.5 Å². The topological polar surface area (TPSA) is 210 Å². The summed E-state index contributed by atoms with van der Waals surface area (Å²) in [7, 11) is -4.47. The maximum absolute atomic E-state index is 11.6. The van der Waals surface area contributed by atoms with E-state index in [2.05, 4.69) is 29.8 Å². The van der Waals surface area contributed by atoms with Crippen molar-refractivity contribution in [2.45, 2.75) is 18.7 Å². The van der Waals surface area contributed by atoms with Crippen molar-refractivity contribution in [3.05, 3.63) is 60.7 Å². The van der Waals surface area contributed by atoms with Crippen LogP contribution >= 0.6 is 19.6 Å². The van der Waals surface area contributed by atoms with E-state index in [1.807, 2.05) is 0 Å². The number of phenolic OH excluding ortho intramolecular Hbond substituents is 1. The van der Waals surface area contributed by atoms with Gasteiger partial charge < -0.3 is 30.1 Å². The van der Waals surface area contributed by atoms with Gasteiger partial charge in [0.15, 0.2) is 5.75 Å². The molecule has 0 saturated heterocycles. The fourth-order valence-electron chi connectivity index (χ4n) is 3.76. The molecule has 0 aliphatic rings. The number of nitrogen functional groups attached to an aromatic ring is 1. The largest absolute Gasteiger partial charge is 0.505 e. The zero-order valence-electron chi connectivity index (χ0n) is 22.2. The third kappa shape index (κ3) is 7.40. The number of azo groups is 2. The summed E-state index contributed by atoms with van der Waals surface area (Å²) in [6.45, 7) is 4.08. The smallest absolute Gasteiger partial charge is 0.356 e. The number of fused-ring (bicyclic) bond motifs is 1. The average Bonchev–Trinajstić information content (AvgIpc) is 2.96. The lowest BCUT2D eigenvalue weighted by atomic mass is 10.1. The van der Waals surface area contributed by atoms with E-state index in [1.165, 1.54) is 30.3 Å². The molecule has 220 valence electrons. The van der Waals surface area contributed by atoms with Crippen LogP contribution in [0.1, 0.15) is 13.8 Å². The van der Waals surface area contributed by atoms with Crippen molar-refractivity contribution in [3.63, 3.8) is 0 Å². The molecular weight excluding hydrogens is 589 g/mol. The summed E-state index contributed by atoms with van der Waals surface area (Å²) in [5.74, 6) is 0.293. The van der Waals surface area contributed by atoms with Crippen molar-refractivity contribution in [1.29, 1.82) is 0 Å². The van der Waals surface area contributed by atoms with Crippen LogP contribution in [0.25, 0.3) is 10.8 Å². The first kappa shape index (κ1) is 30.9. The molecule has 0 radical (unpaired) electrons. The minimum atomic E-state index is -4.47.